The molecule has 2 N–H and O–H groups in total. The normalized spacial score (nSPS) is 16.0. The molecule has 0 bridgehead atoms. The van der Waals surface area contributed by atoms with Gasteiger partial charge in [0.1, 0.15) is 12.7 Å². The van der Waals surface area contributed by atoms with Crippen LogP contribution in [0.25, 0.3) is 0 Å². The van der Waals surface area contributed by atoms with Crippen molar-refractivity contribution in [2.24, 2.45) is 5.41 Å². The van der Waals surface area contributed by atoms with Gasteiger partial charge >= 0.3 is 6.18 Å². The van der Waals surface area contributed by atoms with Crippen LogP contribution in [0.3, 0.4) is 0 Å². The predicted octanol–water partition coefficient (Wildman–Crippen LogP) is 1.87. The van der Waals surface area contributed by atoms with Crippen LogP contribution >= 0.6 is 0 Å². The highest BCUT2D eigenvalue weighted by Crippen LogP contribution is 2.21. The molecule has 1 amide bonds. The second kappa shape index (κ2) is 7.09. The van der Waals surface area contributed by atoms with Crippen LogP contribution in [0.1, 0.15) is 34.1 Å². The van der Waals surface area contributed by atoms with E-state index in [9.17, 15) is 23.1 Å². The zero-order valence-electron chi connectivity index (χ0n) is 11.7. The van der Waals surface area contributed by atoms with Gasteiger partial charge in [-0.2, -0.15) is 13.2 Å². The molecule has 114 valence electrons. The zero-order valence-corrected chi connectivity index (χ0v) is 11.7. The Hall–Kier alpha value is -0.820. The lowest BCUT2D eigenvalue weighted by atomic mass is 9.87. The van der Waals surface area contributed by atoms with Crippen molar-refractivity contribution in [2.45, 2.75) is 52.5 Å². The third kappa shape index (κ3) is 9.72. The van der Waals surface area contributed by atoms with Crippen molar-refractivity contribution in [2.75, 3.05) is 13.2 Å². The third-order valence-corrected chi connectivity index (χ3v) is 2.46. The Balaban J connectivity index is 4.10. The van der Waals surface area contributed by atoms with Gasteiger partial charge in [-0.3, -0.25) is 4.79 Å². The van der Waals surface area contributed by atoms with E-state index in [0.717, 1.165) is 0 Å². The molecule has 0 aliphatic heterocycles. The quantitative estimate of drug-likeness (QED) is 0.750. The Kier molecular flexibility index (Phi) is 6.79. The van der Waals surface area contributed by atoms with E-state index in [1.54, 1.807) is 6.92 Å². The first kappa shape index (κ1) is 18.2. The second-order valence-corrected chi connectivity index (χ2v) is 5.50. The maximum absolute atomic E-state index is 11.9. The Morgan fingerprint density at radius 1 is 1.32 bits per heavy atom. The largest absolute Gasteiger partial charge is 0.411 e. The van der Waals surface area contributed by atoms with Crippen LogP contribution in [-0.4, -0.2) is 42.5 Å². The molecule has 0 aromatic rings. The first-order valence-corrected chi connectivity index (χ1v) is 6.07. The molecule has 0 spiro atoms. The van der Waals surface area contributed by atoms with Gasteiger partial charge in [0.15, 0.2) is 0 Å². The molecule has 0 saturated carbocycles. The van der Waals surface area contributed by atoms with Gasteiger partial charge in [-0.05, 0) is 25.7 Å². The molecule has 0 aromatic carbocycles. The molecule has 0 fully saturated rings. The van der Waals surface area contributed by atoms with E-state index in [-0.39, 0.29) is 12.0 Å². The highest BCUT2D eigenvalue weighted by molar-refractivity contribution is 5.80. The number of ether oxygens (including phenoxy) is 1. The molecule has 0 radical (unpaired) electrons. The van der Waals surface area contributed by atoms with E-state index < -0.39 is 30.9 Å². The summed E-state index contributed by atoms with van der Waals surface area (Å²) in [6.07, 6.45) is -5.64. The molecule has 7 heteroatoms. The van der Waals surface area contributed by atoms with E-state index in [1.165, 1.54) is 6.92 Å². The Labute approximate surface area is 111 Å². The fourth-order valence-corrected chi connectivity index (χ4v) is 1.64. The SMILES string of the molecule is CC(O)CC(C)(C)CNC(=O)C(C)OCC(F)(F)F. The Morgan fingerprint density at radius 3 is 2.26 bits per heavy atom. The van der Waals surface area contributed by atoms with Crippen LogP contribution in [0.2, 0.25) is 0 Å². The molecule has 19 heavy (non-hydrogen) atoms. The molecule has 2 unspecified atom stereocenters. The molecule has 0 heterocycles. The van der Waals surface area contributed by atoms with Gasteiger partial charge in [-0.25, -0.2) is 0 Å². The lowest BCUT2D eigenvalue weighted by Crippen LogP contribution is -2.41. The standard InChI is InChI=1S/C12H22F3NO3/c1-8(17)5-11(3,4)6-16-10(18)9(2)19-7-12(13,14)15/h8-9,17H,5-7H2,1-4H3,(H,16,18). The van der Waals surface area contributed by atoms with Gasteiger partial charge in [-0.15, -0.1) is 0 Å². The van der Waals surface area contributed by atoms with Gasteiger partial charge in [0.25, 0.3) is 0 Å². The Bertz CT molecular complexity index is 290. The number of amides is 1. The number of rotatable bonds is 7. The summed E-state index contributed by atoms with van der Waals surface area (Å²) in [5, 5.41) is 11.8. The van der Waals surface area contributed by atoms with E-state index in [0.29, 0.717) is 6.42 Å². The molecule has 4 nitrogen and oxygen atoms in total. The molecular formula is C12H22F3NO3. The van der Waals surface area contributed by atoms with Crippen LogP contribution < -0.4 is 5.32 Å². The summed E-state index contributed by atoms with van der Waals surface area (Å²) >= 11 is 0. The van der Waals surface area contributed by atoms with Crippen molar-refractivity contribution >= 4 is 5.91 Å². The van der Waals surface area contributed by atoms with Crippen LogP contribution in [0.15, 0.2) is 0 Å². The number of carbonyl (C=O) groups excluding carboxylic acids is 1. The minimum atomic E-state index is -4.44. The predicted molar refractivity (Wildman–Crippen MR) is 64.6 cm³/mol. The highest BCUT2D eigenvalue weighted by Gasteiger charge is 2.30. The van der Waals surface area contributed by atoms with Crippen molar-refractivity contribution < 1.29 is 27.8 Å². The first-order valence-electron chi connectivity index (χ1n) is 6.07. The van der Waals surface area contributed by atoms with E-state index >= 15 is 0 Å². The minimum absolute atomic E-state index is 0.260. The fourth-order valence-electron chi connectivity index (χ4n) is 1.64. The topological polar surface area (TPSA) is 58.6 Å². The highest BCUT2D eigenvalue weighted by atomic mass is 19.4. The first-order chi connectivity index (χ1) is 8.43. The van der Waals surface area contributed by atoms with E-state index in [1.807, 2.05) is 13.8 Å². The molecule has 0 saturated heterocycles. The van der Waals surface area contributed by atoms with Crippen molar-refractivity contribution in [1.29, 1.82) is 0 Å². The van der Waals surface area contributed by atoms with Crippen molar-refractivity contribution in [3.63, 3.8) is 0 Å². The average molecular weight is 285 g/mol. The number of aliphatic hydroxyl groups is 1. The third-order valence-electron chi connectivity index (χ3n) is 2.46. The van der Waals surface area contributed by atoms with Crippen LogP contribution in [0.4, 0.5) is 13.2 Å². The zero-order chi connectivity index (χ0) is 15.3. The Morgan fingerprint density at radius 2 is 1.84 bits per heavy atom. The lowest BCUT2D eigenvalue weighted by molar-refractivity contribution is -0.185. The average Bonchev–Trinajstić information content (AvgIpc) is 2.19. The molecular weight excluding hydrogens is 263 g/mol. The molecule has 2 atom stereocenters. The van der Waals surface area contributed by atoms with Gasteiger partial charge < -0.3 is 15.2 Å². The van der Waals surface area contributed by atoms with Gasteiger partial charge in [-0.1, -0.05) is 13.8 Å². The van der Waals surface area contributed by atoms with Gasteiger partial charge in [0.2, 0.25) is 5.91 Å². The summed E-state index contributed by atoms with van der Waals surface area (Å²) in [6.45, 7) is 5.42. The summed E-state index contributed by atoms with van der Waals surface area (Å²) in [5.74, 6) is -0.595. The number of halogens is 3. The molecule has 0 aromatic heterocycles. The summed E-state index contributed by atoms with van der Waals surface area (Å²) in [6, 6.07) is 0. The summed E-state index contributed by atoms with van der Waals surface area (Å²) < 4.78 is 40.2. The van der Waals surface area contributed by atoms with Crippen LogP contribution in [0.5, 0.6) is 0 Å². The molecule has 0 aliphatic carbocycles. The van der Waals surface area contributed by atoms with Crippen molar-refractivity contribution in [1.82, 2.24) is 5.32 Å². The number of carbonyl (C=O) groups is 1. The lowest BCUT2D eigenvalue weighted by Gasteiger charge is -2.27. The number of nitrogens with one attached hydrogen (secondary N) is 1. The number of hydrogen-bond acceptors (Lipinski definition) is 3. The summed E-state index contributed by atoms with van der Waals surface area (Å²) in [4.78, 5) is 11.5. The maximum Gasteiger partial charge on any atom is 0.411 e. The second-order valence-electron chi connectivity index (χ2n) is 5.50. The van der Waals surface area contributed by atoms with E-state index in [4.69, 9.17) is 0 Å². The van der Waals surface area contributed by atoms with Crippen molar-refractivity contribution in [3.8, 4) is 0 Å². The van der Waals surface area contributed by atoms with Crippen molar-refractivity contribution in [3.05, 3.63) is 0 Å². The van der Waals surface area contributed by atoms with Gasteiger partial charge in [0, 0.05) is 6.54 Å². The van der Waals surface area contributed by atoms with Crippen LogP contribution in [0, 0.1) is 5.41 Å². The summed E-state index contributed by atoms with van der Waals surface area (Å²) in [7, 11) is 0. The minimum Gasteiger partial charge on any atom is -0.393 e. The monoisotopic (exact) mass is 285 g/mol. The molecule has 0 aliphatic rings. The summed E-state index contributed by atoms with van der Waals surface area (Å²) in [5.41, 5.74) is -0.340. The van der Waals surface area contributed by atoms with Crippen LogP contribution in [-0.2, 0) is 9.53 Å². The van der Waals surface area contributed by atoms with Gasteiger partial charge in [0.05, 0.1) is 6.10 Å². The number of aliphatic hydroxyl groups excluding tert-OH is 1. The fraction of sp³-hybridized carbons (Fsp3) is 0.917. The molecule has 0 rings (SSSR count). The van der Waals surface area contributed by atoms with E-state index in [2.05, 4.69) is 10.1 Å². The maximum atomic E-state index is 11.9. The number of alkyl halides is 3. The number of hydrogen-bond donors (Lipinski definition) is 2. The smallest absolute Gasteiger partial charge is 0.393 e.